The molecule has 0 bridgehead atoms. The zero-order valence-corrected chi connectivity index (χ0v) is 21.9. The van der Waals surface area contributed by atoms with E-state index < -0.39 is 27.3 Å². The van der Waals surface area contributed by atoms with Crippen LogP contribution >= 0.6 is 11.6 Å². The zero-order chi connectivity index (χ0) is 25.9. The van der Waals surface area contributed by atoms with Crippen molar-refractivity contribution in [2.45, 2.75) is 31.1 Å². The van der Waals surface area contributed by atoms with E-state index in [0.29, 0.717) is 46.9 Å². The Hall–Kier alpha value is -2.93. The van der Waals surface area contributed by atoms with Crippen LogP contribution in [0.1, 0.15) is 37.4 Å². The van der Waals surface area contributed by atoms with Crippen molar-refractivity contribution in [1.82, 2.24) is 19.7 Å². The highest BCUT2D eigenvalue weighted by molar-refractivity contribution is 7.93. The van der Waals surface area contributed by atoms with Crippen molar-refractivity contribution in [3.8, 4) is 17.2 Å². The van der Waals surface area contributed by atoms with Crippen LogP contribution < -0.4 is 14.2 Å². The van der Waals surface area contributed by atoms with E-state index in [9.17, 15) is 8.42 Å². The lowest BCUT2D eigenvalue weighted by molar-refractivity contribution is -0.0941. The molecular formula is C23H28ClN5O6S. The van der Waals surface area contributed by atoms with Gasteiger partial charge >= 0.3 is 0 Å². The average Bonchev–Trinajstić information content (AvgIpc) is 3.30. The number of pyridine rings is 1. The van der Waals surface area contributed by atoms with Crippen molar-refractivity contribution in [1.29, 1.82) is 0 Å². The van der Waals surface area contributed by atoms with Gasteiger partial charge in [0.25, 0.3) is 0 Å². The largest absolute Gasteiger partial charge is 0.494 e. The number of rotatable bonds is 9. The summed E-state index contributed by atoms with van der Waals surface area (Å²) in [6, 6.07) is 8.61. The van der Waals surface area contributed by atoms with Gasteiger partial charge in [-0.2, -0.15) is 0 Å². The summed E-state index contributed by atoms with van der Waals surface area (Å²) < 4.78 is 53.7. The van der Waals surface area contributed by atoms with Crippen LogP contribution in [-0.4, -0.2) is 67.5 Å². The Balaban J connectivity index is 1.77. The van der Waals surface area contributed by atoms with Gasteiger partial charge in [0.15, 0.2) is 5.82 Å². The molecule has 1 saturated heterocycles. The number of para-hydroxylation sites is 1. The Kier molecular flexibility index (Phi) is 7.98. The van der Waals surface area contributed by atoms with Gasteiger partial charge in [-0.3, -0.25) is 14.3 Å². The molecule has 0 spiro atoms. The lowest BCUT2D eigenvalue weighted by atomic mass is 10.0. The highest BCUT2D eigenvalue weighted by Gasteiger charge is 2.33. The molecule has 13 heteroatoms. The number of hydrogen-bond acceptors (Lipinski definition) is 9. The normalized spacial score (nSPS) is 17.9. The van der Waals surface area contributed by atoms with Crippen molar-refractivity contribution in [2.75, 3.05) is 38.8 Å². The molecule has 3 aromatic rings. The minimum absolute atomic E-state index is 0.0370. The first kappa shape index (κ1) is 26.1. The molecule has 3 atom stereocenters. The van der Waals surface area contributed by atoms with Gasteiger partial charge in [-0.1, -0.05) is 24.6 Å². The molecule has 1 aromatic carbocycles. The molecule has 0 aliphatic carbocycles. The van der Waals surface area contributed by atoms with E-state index in [4.69, 9.17) is 30.5 Å². The molecule has 0 radical (unpaired) electrons. The monoisotopic (exact) mass is 537 g/mol. The summed E-state index contributed by atoms with van der Waals surface area (Å²) in [6.07, 6.45) is 0.914. The lowest BCUT2D eigenvalue weighted by Crippen LogP contribution is -2.31. The maximum absolute atomic E-state index is 13.5. The fourth-order valence-electron chi connectivity index (χ4n) is 3.87. The number of benzene rings is 1. The Morgan fingerprint density at radius 1 is 1.11 bits per heavy atom. The summed E-state index contributed by atoms with van der Waals surface area (Å²) in [5.41, 5.74) is 1.02. The second-order valence-electron chi connectivity index (χ2n) is 8.20. The summed E-state index contributed by atoms with van der Waals surface area (Å²) in [7, 11) is -0.940. The highest BCUT2D eigenvalue weighted by atomic mass is 35.5. The van der Waals surface area contributed by atoms with Crippen molar-refractivity contribution in [3.63, 3.8) is 0 Å². The van der Waals surface area contributed by atoms with E-state index in [1.165, 1.54) is 25.0 Å². The third-order valence-electron chi connectivity index (χ3n) is 6.06. The number of hydrogen-bond donors (Lipinski definition) is 1. The Bertz CT molecular complexity index is 1270. The average molecular weight is 538 g/mol. The second-order valence-corrected chi connectivity index (χ2v) is 10.7. The number of anilines is 1. The second kappa shape index (κ2) is 11.0. The molecule has 2 aromatic heterocycles. The first-order valence-corrected chi connectivity index (χ1v) is 13.2. The summed E-state index contributed by atoms with van der Waals surface area (Å²) in [5.74, 6) is 0.727. The maximum Gasteiger partial charge on any atom is 0.243 e. The van der Waals surface area contributed by atoms with E-state index in [-0.39, 0.29) is 12.6 Å². The fourth-order valence-corrected chi connectivity index (χ4v) is 5.23. The van der Waals surface area contributed by atoms with Gasteiger partial charge in [0, 0.05) is 17.8 Å². The maximum atomic E-state index is 13.5. The van der Waals surface area contributed by atoms with Crippen LogP contribution in [0.2, 0.25) is 5.02 Å². The Labute approximate surface area is 214 Å². The first-order valence-electron chi connectivity index (χ1n) is 11.3. The number of aromatic nitrogens is 4. The quantitative estimate of drug-likeness (QED) is 0.437. The molecule has 1 N–H and O–H groups in total. The van der Waals surface area contributed by atoms with Crippen LogP contribution in [-0.2, 0) is 19.5 Å². The van der Waals surface area contributed by atoms with E-state index in [1.807, 2.05) is 0 Å². The molecule has 11 nitrogen and oxygen atoms in total. The van der Waals surface area contributed by atoms with Crippen molar-refractivity contribution in [3.05, 3.63) is 53.1 Å². The predicted octanol–water partition coefficient (Wildman–Crippen LogP) is 3.35. The van der Waals surface area contributed by atoms with Gasteiger partial charge in [-0.15, -0.1) is 10.2 Å². The Morgan fingerprint density at radius 2 is 1.83 bits per heavy atom. The molecular weight excluding hydrogens is 510 g/mol. The van der Waals surface area contributed by atoms with Crippen LogP contribution in [0.15, 0.2) is 36.5 Å². The summed E-state index contributed by atoms with van der Waals surface area (Å²) in [5, 5.41) is 8.04. The van der Waals surface area contributed by atoms with Gasteiger partial charge in [0.05, 0.1) is 44.3 Å². The number of nitrogens with zero attached hydrogens (tertiary/aromatic N) is 4. The third kappa shape index (κ3) is 5.26. The first-order chi connectivity index (χ1) is 17.3. The van der Waals surface area contributed by atoms with Crippen molar-refractivity contribution >= 4 is 27.6 Å². The van der Waals surface area contributed by atoms with Crippen molar-refractivity contribution < 1.29 is 27.4 Å². The molecule has 1 fully saturated rings. The smallest absolute Gasteiger partial charge is 0.243 e. The van der Waals surface area contributed by atoms with E-state index in [2.05, 4.69) is 19.9 Å². The molecule has 1 aliphatic heterocycles. The van der Waals surface area contributed by atoms with Crippen molar-refractivity contribution in [2.24, 2.45) is 0 Å². The van der Waals surface area contributed by atoms with E-state index >= 15 is 0 Å². The van der Waals surface area contributed by atoms with Gasteiger partial charge < -0.3 is 18.9 Å². The lowest BCUT2D eigenvalue weighted by Gasteiger charge is -2.25. The molecule has 36 heavy (non-hydrogen) atoms. The molecule has 194 valence electrons. The van der Waals surface area contributed by atoms with Crippen LogP contribution in [0.3, 0.4) is 0 Å². The fraction of sp³-hybridized carbons (Fsp3) is 0.435. The molecule has 4 rings (SSSR count). The van der Waals surface area contributed by atoms with E-state index in [0.717, 1.165) is 0 Å². The minimum Gasteiger partial charge on any atom is -0.494 e. The molecule has 0 amide bonds. The number of methoxy groups -OCH3 is 2. The van der Waals surface area contributed by atoms with Crippen LogP contribution in [0.4, 0.5) is 5.95 Å². The van der Waals surface area contributed by atoms with Crippen LogP contribution in [0.25, 0.3) is 5.69 Å². The number of nitrogens with one attached hydrogen (secondary N) is 1. The summed E-state index contributed by atoms with van der Waals surface area (Å²) in [4.78, 5) is 4.27. The molecule has 1 aliphatic rings. The van der Waals surface area contributed by atoms with Crippen LogP contribution in [0, 0.1) is 0 Å². The number of halogens is 1. The van der Waals surface area contributed by atoms with Gasteiger partial charge in [0.1, 0.15) is 23.3 Å². The van der Waals surface area contributed by atoms with Crippen LogP contribution in [0.5, 0.6) is 11.5 Å². The molecule has 0 saturated carbocycles. The number of sulfonamides is 1. The van der Waals surface area contributed by atoms with Gasteiger partial charge in [-0.05, 0) is 31.2 Å². The third-order valence-corrected chi connectivity index (χ3v) is 8.14. The topological polar surface area (TPSA) is 127 Å². The van der Waals surface area contributed by atoms with E-state index in [1.54, 1.807) is 44.2 Å². The number of ether oxygens (including phenoxy) is 4. The summed E-state index contributed by atoms with van der Waals surface area (Å²) >= 11 is 5.93. The minimum atomic E-state index is -3.96. The Morgan fingerprint density at radius 3 is 2.42 bits per heavy atom. The SMILES string of the molecule is COc1cccc(OC)c1-n1c(NS(=O)(=O)C(C)C(C)c2ccc(Cl)cn2)nnc1[C@H]1COCCO1. The summed E-state index contributed by atoms with van der Waals surface area (Å²) in [6.45, 7) is 4.44. The highest BCUT2D eigenvalue weighted by Crippen LogP contribution is 2.37. The zero-order valence-electron chi connectivity index (χ0n) is 20.3. The van der Waals surface area contributed by atoms with Gasteiger partial charge in [-0.25, -0.2) is 8.42 Å². The standard InChI is InChI=1S/C23H28ClN5O6S/c1-14(17-9-8-16(24)12-25-17)15(2)36(30,31)28-23-27-26-22(20-13-34-10-11-35-20)29(23)21-18(32-3)6-5-7-19(21)33-4/h5-9,12,14-15,20H,10-11,13H2,1-4H3,(H,27,28)/t14?,15?,20-/m1/s1. The predicted molar refractivity (Wildman–Crippen MR) is 134 cm³/mol. The van der Waals surface area contributed by atoms with Gasteiger partial charge in [0.2, 0.25) is 16.0 Å². The molecule has 3 heterocycles. The molecule has 2 unspecified atom stereocenters.